The van der Waals surface area contributed by atoms with Crippen LogP contribution in [0.2, 0.25) is 0 Å². The van der Waals surface area contributed by atoms with Crippen molar-refractivity contribution in [1.82, 2.24) is 26.4 Å². The summed E-state index contributed by atoms with van der Waals surface area (Å²) in [5.74, 6) is -0.531. The Balaban J connectivity index is 1.71. The lowest BCUT2D eigenvalue weighted by molar-refractivity contribution is -0.142. The minimum atomic E-state index is -0.929. The summed E-state index contributed by atoms with van der Waals surface area (Å²) in [6.45, 7) is 3.97. The van der Waals surface area contributed by atoms with E-state index in [1.165, 1.54) is 5.01 Å². The molecule has 0 aromatic heterocycles. The first kappa shape index (κ1) is 34.2. The summed E-state index contributed by atoms with van der Waals surface area (Å²) in [5.41, 5.74) is 7.04. The van der Waals surface area contributed by atoms with E-state index in [-0.39, 0.29) is 50.4 Å². The van der Waals surface area contributed by atoms with Crippen molar-refractivity contribution < 1.29 is 24.6 Å². The number of aryl methyl sites for hydroxylation is 1. The number of nitrogens with zero attached hydrogens (tertiary/aromatic N) is 1. The molecule has 4 amide bonds. The average molecular weight is 604 g/mol. The molecule has 0 aliphatic rings. The second-order valence-electron chi connectivity index (χ2n) is 11.4. The Hall–Kier alpha value is -4.25. The molecule has 0 saturated heterocycles. The number of aliphatic hydroxyl groups is 2. The van der Waals surface area contributed by atoms with Gasteiger partial charge in [0.2, 0.25) is 11.8 Å². The fraction of sp³-hybridized carbons (Fsp3) is 0.382. The number of benzene rings is 3. The molecule has 0 heterocycles. The maximum absolute atomic E-state index is 13.4. The van der Waals surface area contributed by atoms with Crippen LogP contribution in [0.5, 0.6) is 0 Å². The standard InChI is InChI=1S/C34H45N5O5/c1-34(2,37-22-29(41)24-40)20-31(42)38-39(32(43)15-9-12-25-10-5-4-6-11-25)23-26-16-18-27(19-17-26)30-14-8-7-13-28(30)21-36-33(44)35-3/h4-8,10-11,13-14,16-19,29,37,40-41H,9,12,15,20-24H2,1-3H3,(H,38,42)(H2,35,36,44)/t29-/m0/s1. The molecule has 3 aromatic carbocycles. The van der Waals surface area contributed by atoms with E-state index in [0.717, 1.165) is 34.2 Å². The summed E-state index contributed by atoms with van der Waals surface area (Å²) in [4.78, 5) is 38.2. The Morgan fingerprint density at radius 1 is 0.909 bits per heavy atom. The van der Waals surface area contributed by atoms with E-state index in [2.05, 4.69) is 21.4 Å². The molecule has 6 N–H and O–H groups in total. The number of carbonyl (C=O) groups excluding carboxylic acids is 3. The van der Waals surface area contributed by atoms with Gasteiger partial charge in [-0.25, -0.2) is 9.80 Å². The van der Waals surface area contributed by atoms with Crippen molar-refractivity contribution in [2.24, 2.45) is 0 Å². The van der Waals surface area contributed by atoms with Gasteiger partial charge in [0.05, 0.1) is 19.3 Å². The Morgan fingerprint density at radius 3 is 2.27 bits per heavy atom. The Kier molecular flexibility index (Phi) is 13.3. The number of carbonyl (C=O) groups is 3. The summed E-state index contributed by atoms with van der Waals surface area (Å²) < 4.78 is 0. The summed E-state index contributed by atoms with van der Waals surface area (Å²) in [6, 6.07) is 25.3. The van der Waals surface area contributed by atoms with Gasteiger partial charge in [0.25, 0.3) is 0 Å². The smallest absolute Gasteiger partial charge is 0.314 e. The third-order valence-corrected chi connectivity index (χ3v) is 7.18. The fourth-order valence-electron chi connectivity index (χ4n) is 4.72. The minimum absolute atomic E-state index is 0.0543. The third kappa shape index (κ3) is 11.4. The predicted molar refractivity (Wildman–Crippen MR) is 171 cm³/mol. The molecule has 0 aliphatic heterocycles. The van der Waals surface area contributed by atoms with Crippen molar-refractivity contribution in [2.75, 3.05) is 20.2 Å². The zero-order valence-electron chi connectivity index (χ0n) is 25.8. The van der Waals surface area contributed by atoms with Gasteiger partial charge in [-0.3, -0.25) is 15.0 Å². The maximum Gasteiger partial charge on any atom is 0.314 e. The molecule has 44 heavy (non-hydrogen) atoms. The number of rotatable bonds is 15. The Morgan fingerprint density at radius 2 is 1.59 bits per heavy atom. The van der Waals surface area contributed by atoms with Gasteiger partial charge in [-0.1, -0.05) is 78.9 Å². The van der Waals surface area contributed by atoms with E-state index in [1.807, 2.05) is 92.7 Å². The molecule has 10 nitrogen and oxygen atoms in total. The summed E-state index contributed by atoms with van der Waals surface area (Å²) in [6.07, 6.45) is 0.784. The van der Waals surface area contributed by atoms with E-state index >= 15 is 0 Å². The van der Waals surface area contributed by atoms with Crippen molar-refractivity contribution in [2.45, 2.75) is 64.3 Å². The highest BCUT2D eigenvalue weighted by atomic mass is 16.3. The lowest BCUT2D eigenvalue weighted by Crippen LogP contribution is -2.51. The Labute approximate surface area is 259 Å². The van der Waals surface area contributed by atoms with Crippen LogP contribution in [-0.2, 0) is 29.1 Å². The van der Waals surface area contributed by atoms with Crippen molar-refractivity contribution in [1.29, 1.82) is 0 Å². The molecule has 0 saturated carbocycles. The molecule has 0 fully saturated rings. The largest absolute Gasteiger partial charge is 0.394 e. The van der Waals surface area contributed by atoms with Gasteiger partial charge in [-0.15, -0.1) is 0 Å². The molecule has 0 spiro atoms. The number of hydrogen-bond donors (Lipinski definition) is 6. The third-order valence-electron chi connectivity index (χ3n) is 7.18. The number of hydrogen-bond acceptors (Lipinski definition) is 6. The van der Waals surface area contributed by atoms with Gasteiger partial charge in [-0.2, -0.15) is 0 Å². The average Bonchev–Trinajstić information content (AvgIpc) is 3.02. The summed E-state index contributed by atoms with van der Waals surface area (Å²) >= 11 is 0. The summed E-state index contributed by atoms with van der Waals surface area (Å²) in [7, 11) is 1.57. The minimum Gasteiger partial charge on any atom is -0.394 e. The van der Waals surface area contributed by atoms with E-state index in [1.54, 1.807) is 7.05 Å². The molecule has 0 aliphatic carbocycles. The lowest BCUT2D eigenvalue weighted by atomic mass is 9.98. The SMILES string of the molecule is CNC(=O)NCc1ccccc1-c1ccc(CN(NC(=O)CC(C)(C)NC[C@H](O)CO)C(=O)CCCc2ccccc2)cc1. The highest BCUT2D eigenvalue weighted by Gasteiger charge is 2.25. The molecule has 0 radical (unpaired) electrons. The van der Waals surface area contributed by atoms with E-state index in [0.29, 0.717) is 13.0 Å². The topological polar surface area (TPSA) is 143 Å². The zero-order chi connectivity index (χ0) is 32.0. The number of urea groups is 1. The quantitative estimate of drug-likeness (QED) is 0.147. The van der Waals surface area contributed by atoms with Crippen molar-refractivity contribution in [3.05, 3.63) is 95.6 Å². The van der Waals surface area contributed by atoms with Gasteiger partial charge in [-0.05, 0) is 54.5 Å². The zero-order valence-corrected chi connectivity index (χ0v) is 25.8. The summed E-state index contributed by atoms with van der Waals surface area (Å²) in [5, 5.41) is 28.6. The van der Waals surface area contributed by atoms with Crippen LogP contribution in [0.1, 0.15) is 49.8 Å². The van der Waals surface area contributed by atoms with Crippen molar-refractivity contribution >= 4 is 17.8 Å². The number of β-amino-alcohol motifs (C(OH)–C–C–N with tert-alkyl or cyclic N) is 1. The first-order chi connectivity index (χ1) is 21.1. The van der Waals surface area contributed by atoms with Crippen LogP contribution in [-0.4, -0.2) is 64.9 Å². The molecule has 0 unspecified atom stereocenters. The normalized spacial score (nSPS) is 11.8. The van der Waals surface area contributed by atoms with Crippen LogP contribution < -0.4 is 21.4 Å². The molecule has 0 bridgehead atoms. The van der Waals surface area contributed by atoms with E-state index in [4.69, 9.17) is 5.11 Å². The Bertz CT molecular complexity index is 1350. The van der Waals surface area contributed by atoms with Gasteiger partial charge >= 0.3 is 6.03 Å². The van der Waals surface area contributed by atoms with Crippen LogP contribution in [0.15, 0.2) is 78.9 Å². The predicted octanol–water partition coefficient (Wildman–Crippen LogP) is 3.28. The van der Waals surface area contributed by atoms with Crippen LogP contribution >= 0.6 is 0 Å². The van der Waals surface area contributed by atoms with Crippen molar-refractivity contribution in [3.63, 3.8) is 0 Å². The maximum atomic E-state index is 13.4. The second-order valence-corrected chi connectivity index (χ2v) is 11.4. The molecule has 3 aromatic rings. The lowest BCUT2D eigenvalue weighted by Gasteiger charge is -2.29. The number of aliphatic hydroxyl groups excluding tert-OH is 2. The van der Waals surface area contributed by atoms with Crippen LogP contribution in [0, 0.1) is 0 Å². The van der Waals surface area contributed by atoms with Gasteiger partial charge in [0.1, 0.15) is 0 Å². The van der Waals surface area contributed by atoms with Crippen LogP contribution in [0.3, 0.4) is 0 Å². The molecule has 3 rings (SSSR count). The molecule has 236 valence electrons. The fourth-order valence-corrected chi connectivity index (χ4v) is 4.72. The van der Waals surface area contributed by atoms with E-state index in [9.17, 15) is 19.5 Å². The first-order valence-corrected chi connectivity index (χ1v) is 14.9. The van der Waals surface area contributed by atoms with Crippen LogP contribution in [0.25, 0.3) is 11.1 Å². The van der Waals surface area contributed by atoms with Crippen molar-refractivity contribution in [3.8, 4) is 11.1 Å². The number of hydrazine groups is 1. The monoisotopic (exact) mass is 603 g/mol. The second kappa shape index (κ2) is 17.1. The van der Waals surface area contributed by atoms with E-state index < -0.39 is 11.6 Å². The molecular weight excluding hydrogens is 558 g/mol. The number of amides is 4. The van der Waals surface area contributed by atoms with Gasteiger partial charge < -0.3 is 26.2 Å². The van der Waals surface area contributed by atoms with Gasteiger partial charge in [0.15, 0.2) is 0 Å². The highest BCUT2D eigenvalue weighted by molar-refractivity contribution is 5.82. The molecule has 1 atom stereocenters. The van der Waals surface area contributed by atoms with Crippen LogP contribution in [0.4, 0.5) is 4.79 Å². The highest BCUT2D eigenvalue weighted by Crippen LogP contribution is 2.24. The molecular formula is C34H45N5O5. The first-order valence-electron chi connectivity index (χ1n) is 14.9. The number of nitrogens with one attached hydrogen (secondary N) is 4. The van der Waals surface area contributed by atoms with Gasteiger partial charge in [0, 0.05) is 38.5 Å². The molecule has 10 heteroatoms.